The fourth-order valence-electron chi connectivity index (χ4n) is 6.95. The molecule has 3 aliphatic rings. The highest BCUT2D eigenvalue weighted by atomic mass is 16.5. The summed E-state index contributed by atoms with van der Waals surface area (Å²) in [6.07, 6.45) is 12.0. The van der Waals surface area contributed by atoms with E-state index >= 15 is 0 Å². The fraction of sp³-hybridized carbons (Fsp3) is 0.442. The number of fused-ring (bicyclic) bond motifs is 2. The number of hydrogen-bond acceptors (Lipinski definition) is 9. The maximum Gasteiger partial charge on any atom is 0.407 e. The third kappa shape index (κ3) is 11.2. The molecular weight excluding hydrogens is 725 g/mol. The van der Waals surface area contributed by atoms with Crippen LogP contribution < -0.4 is 16.0 Å². The summed E-state index contributed by atoms with van der Waals surface area (Å²) < 4.78 is 8.65. The summed E-state index contributed by atoms with van der Waals surface area (Å²) in [6, 6.07) is 18.4. The van der Waals surface area contributed by atoms with Gasteiger partial charge in [0, 0.05) is 25.1 Å². The second-order valence-electron chi connectivity index (χ2n) is 14.7. The molecule has 3 heterocycles. The number of hydrogen-bond donors (Lipinski definition) is 5. The molecule has 2 unspecified atom stereocenters. The molecule has 5 aromatic rings. The van der Waals surface area contributed by atoms with Gasteiger partial charge in [-0.25, -0.2) is 14.8 Å². The molecule has 14 heteroatoms. The van der Waals surface area contributed by atoms with E-state index in [1.807, 2.05) is 17.2 Å². The minimum atomic E-state index is -0.573. The van der Waals surface area contributed by atoms with Crippen molar-refractivity contribution in [3.05, 3.63) is 72.4 Å². The number of methoxy groups -OCH3 is 2. The topological polar surface area (TPSA) is 183 Å². The summed E-state index contributed by atoms with van der Waals surface area (Å²) in [5.41, 5.74) is 6.03. The molecule has 3 fully saturated rings. The molecule has 14 nitrogen and oxygen atoms in total. The number of rotatable bonds is 14. The minimum Gasteiger partial charge on any atom is -0.471 e. The Hall–Kier alpha value is -5.76. The molecule has 302 valence electrons. The third-order valence-corrected chi connectivity index (χ3v) is 10.2. The number of H-pyrrole nitrogens is 2. The summed E-state index contributed by atoms with van der Waals surface area (Å²) >= 11 is 0. The first-order valence-corrected chi connectivity index (χ1v) is 19.9. The van der Waals surface area contributed by atoms with Crippen LogP contribution in [-0.4, -0.2) is 96.2 Å². The van der Waals surface area contributed by atoms with E-state index in [9.17, 15) is 14.4 Å². The number of likely N-dealkylation sites (N-methyl/N-ethyl adjacent to an activating group) is 1. The van der Waals surface area contributed by atoms with Gasteiger partial charge in [0.15, 0.2) is 0 Å². The lowest BCUT2D eigenvalue weighted by molar-refractivity contribution is -0.135. The molecular formula is C43H54N8O6. The number of nitrogens with zero attached hydrogens (tertiary/aromatic N) is 3. The molecule has 1 saturated heterocycles. The lowest BCUT2D eigenvalue weighted by Gasteiger charge is -2.28. The molecule has 2 atom stereocenters. The molecule has 0 spiro atoms. The molecule has 5 N–H and O–H groups in total. The number of benzene rings is 3. The maximum atomic E-state index is 13.6. The average molecular weight is 779 g/mol. The number of carbonyl (C=O) groups excluding carboxylic acids is 4. The molecule has 2 aliphatic carbocycles. The Kier molecular flexibility index (Phi) is 14.3. The second kappa shape index (κ2) is 19.9. The van der Waals surface area contributed by atoms with E-state index in [0.717, 1.165) is 101 Å². The quantitative estimate of drug-likeness (QED) is 0.0648. The first-order valence-electron chi connectivity index (χ1n) is 19.9. The van der Waals surface area contributed by atoms with Crippen molar-refractivity contribution >= 4 is 46.2 Å². The van der Waals surface area contributed by atoms with Crippen LogP contribution in [-0.2, 0) is 30.3 Å². The summed E-state index contributed by atoms with van der Waals surface area (Å²) in [6.45, 7) is 2.01. The van der Waals surface area contributed by atoms with E-state index in [1.165, 1.54) is 33.5 Å². The van der Waals surface area contributed by atoms with Gasteiger partial charge in [-0.05, 0) is 97.7 Å². The molecule has 0 radical (unpaired) electrons. The molecule has 0 bridgehead atoms. The predicted octanol–water partition coefficient (Wildman–Crippen LogP) is 6.19. The van der Waals surface area contributed by atoms with Crippen molar-refractivity contribution in [2.45, 2.75) is 76.3 Å². The van der Waals surface area contributed by atoms with Crippen molar-refractivity contribution in [2.75, 3.05) is 40.9 Å². The van der Waals surface area contributed by atoms with E-state index in [1.54, 1.807) is 7.05 Å². The van der Waals surface area contributed by atoms with Crippen LogP contribution in [0.25, 0.3) is 44.2 Å². The van der Waals surface area contributed by atoms with Crippen LogP contribution in [0.4, 0.5) is 4.79 Å². The number of amides is 3. The molecule has 1 aliphatic heterocycles. The van der Waals surface area contributed by atoms with E-state index in [0.29, 0.717) is 26.1 Å². The maximum absolute atomic E-state index is 13.6. The highest BCUT2D eigenvalue weighted by Crippen LogP contribution is 2.38. The first kappa shape index (κ1) is 40.9. The van der Waals surface area contributed by atoms with Gasteiger partial charge in [0.2, 0.25) is 11.8 Å². The molecule has 8 rings (SSSR count). The number of ether oxygens (including phenoxy) is 2. The average Bonchev–Trinajstić information content (AvgIpc) is 4.16. The van der Waals surface area contributed by atoms with Crippen molar-refractivity contribution in [3.63, 3.8) is 0 Å². The number of likely N-dealkylation sites (tertiary alicyclic amines) is 1. The van der Waals surface area contributed by atoms with E-state index in [4.69, 9.17) is 14.5 Å². The van der Waals surface area contributed by atoms with Crippen LogP contribution in [0, 0.1) is 5.92 Å². The predicted molar refractivity (Wildman–Crippen MR) is 219 cm³/mol. The number of alkyl carbamates (subject to hydrolysis) is 1. The zero-order valence-corrected chi connectivity index (χ0v) is 33.1. The van der Waals surface area contributed by atoms with Crippen molar-refractivity contribution in [1.29, 1.82) is 0 Å². The number of nitrogens with one attached hydrogen (secondary N) is 5. The zero-order chi connectivity index (χ0) is 40.1. The van der Waals surface area contributed by atoms with Crippen LogP contribution in [0.15, 0.2) is 60.8 Å². The summed E-state index contributed by atoms with van der Waals surface area (Å²) in [7, 11) is 4.39. The molecule has 57 heavy (non-hydrogen) atoms. The van der Waals surface area contributed by atoms with Crippen LogP contribution in [0.5, 0.6) is 0 Å². The molecule has 2 aromatic heterocycles. The number of unbranched alkanes of at least 4 members (excludes halogenated alkanes) is 1. The number of carbonyl (C=O) groups is 4. The lowest BCUT2D eigenvalue weighted by atomic mass is 9.99. The molecule has 2 saturated carbocycles. The normalized spacial score (nSPS) is 16.1. The summed E-state index contributed by atoms with van der Waals surface area (Å²) in [5.74, 6) is 1.83. The summed E-state index contributed by atoms with van der Waals surface area (Å²) in [5, 5.41) is 10.8. The first-order chi connectivity index (χ1) is 27.8. The standard InChI is InChI=1S/C38H44N8O4.C3H6.C2H4O2/c1-39-22-34(47)40-16-4-3-7-33-41-21-31(42-33)28-13-12-24-18-25(10-11-26(24)19-28)27-14-15-29-30(20-27)44-36(43-29)32-6-5-17-46(32)37(48)35(23-8-9-23)45-38(49)50-2;1-2-3-1;1-4-2-3/h10-15,18-21,23,32,35,39H,3-9,16-17,22H2,1-2H3,(H,40,47)(H,41,42)(H,43,44)(H,45,49);1-3H2;2H,1H3. The van der Waals surface area contributed by atoms with Crippen LogP contribution in [0.2, 0.25) is 0 Å². The SMILES string of the molecule is C1CC1.CNCC(=O)NCCCCc1ncc(-c2ccc3cc(-c4ccc5nc(C6CCCN6C(=O)C(NC(=O)OC)C6CC6)[nH]c5c4)ccc3c2)[nH]1.COC=O. The van der Waals surface area contributed by atoms with E-state index < -0.39 is 12.1 Å². The van der Waals surface area contributed by atoms with Gasteiger partial charge in [-0.1, -0.05) is 49.6 Å². The summed E-state index contributed by atoms with van der Waals surface area (Å²) in [4.78, 5) is 64.4. The van der Waals surface area contributed by atoms with Gasteiger partial charge < -0.3 is 40.3 Å². The van der Waals surface area contributed by atoms with Crippen LogP contribution in [0.3, 0.4) is 0 Å². The van der Waals surface area contributed by atoms with Crippen molar-refractivity contribution in [1.82, 2.24) is 40.8 Å². The molecule has 3 aromatic carbocycles. The number of aromatic amines is 2. The highest BCUT2D eigenvalue weighted by Gasteiger charge is 2.43. The van der Waals surface area contributed by atoms with Crippen LogP contribution >= 0.6 is 0 Å². The number of imidazole rings is 2. The van der Waals surface area contributed by atoms with Crippen molar-refractivity contribution < 1.29 is 28.7 Å². The van der Waals surface area contributed by atoms with Gasteiger partial charge in [0.25, 0.3) is 6.47 Å². The van der Waals surface area contributed by atoms with Gasteiger partial charge >= 0.3 is 6.09 Å². The smallest absolute Gasteiger partial charge is 0.407 e. The highest BCUT2D eigenvalue weighted by molar-refractivity contribution is 5.92. The van der Waals surface area contributed by atoms with Crippen LogP contribution in [0.1, 0.15) is 75.5 Å². The lowest BCUT2D eigenvalue weighted by Crippen LogP contribution is -2.49. The Labute approximate surface area is 332 Å². The zero-order valence-electron chi connectivity index (χ0n) is 33.1. The molecule has 3 amide bonds. The monoisotopic (exact) mass is 778 g/mol. The van der Waals surface area contributed by atoms with Gasteiger partial charge in [0.05, 0.1) is 49.7 Å². The Morgan fingerprint density at radius 2 is 1.61 bits per heavy atom. The van der Waals surface area contributed by atoms with Gasteiger partial charge in [-0.3, -0.25) is 14.4 Å². The Morgan fingerprint density at radius 3 is 2.30 bits per heavy atom. The van der Waals surface area contributed by atoms with Gasteiger partial charge in [-0.15, -0.1) is 0 Å². The Balaban J connectivity index is 0.000000719. The van der Waals surface area contributed by atoms with Crippen molar-refractivity contribution in [3.8, 4) is 22.4 Å². The van der Waals surface area contributed by atoms with Crippen molar-refractivity contribution in [2.24, 2.45) is 5.92 Å². The van der Waals surface area contributed by atoms with Gasteiger partial charge in [0.1, 0.15) is 17.7 Å². The Bertz CT molecular complexity index is 2140. The second-order valence-corrected chi connectivity index (χ2v) is 14.7. The minimum absolute atomic E-state index is 0.0151. The van der Waals surface area contributed by atoms with Gasteiger partial charge in [-0.2, -0.15) is 0 Å². The third-order valence-electron chi connectivity index (χ3n) is 10.2. The fourth-order valence-corrected chi connectivity index (χ4v) is 6.95. The van der Waals surface area contributed by atoms with E-state index in [2.05, 4.69) is 84.2 Å². The Morgan fingerprint density at radius 1 is 0.912 bits per heavy atom. The van der Waals surface area contributed by atoms with E-state index in [-0.39, 0.29) is 23.8 Å². The number of aryl methyl sites for hydroxylation is 1. The number of aromatic nitrogens is 4. The largest absolute Gasteiger partial charge is 0.471 e.